The first-order valence-corrected chi connectivity index (χ1v) is 16.4. The molecular weight excluding hydrogens is 742 g/mol. The van der Waals surface area contributed by atoms with E-state index in [4.69, 9.17) is 23.2 Å². The number of benzene rings is 4. The molecule has 5 nitrogen and oxygen atoms in total. The second-order valence-electron chi connectivity index (χ2n) is 10.7. The maximum atomic E-state index is 10.1. The number of fused-ring (bicyclic) bond motifs is 4. The Hall–Kier alpha value is -2.69. The first-order chi connectivity index (χ1) is 20.8. The summed E-state index contributed by atoms with van der Waals surface area (Å²) in [6, 6.07) is 28.4. The number of hydrogen-bond donors (Lipinski definition) is 4. The summed E-state index contributed by atoms with van der Waals surface area (Å²) < 4.78 is 2.18. The molecule has 0 aliphatic carbocycles. The second kappa shape index (κ2) is 15.7. The van der Waals surface area contributed by atoms with E-state index in [-0.39, 0.29) is 18.2 Å². The number of H-pyrrole nitrogens is 2. The fraction of sp³-hybridized carbons (Fsp3) is 0.200. The van der Waals surface area contributed by atoms with E-state index in [9.17, 15) is 5.21 Å². The van der Waals surface area contributed by atoms with Crippen LogP contribution in [0, 0.1) is 0 Å². The van der Waals surface area contributed by atoms with Crippen LogP contribution in [0.15, 0.2) is 100 Å². The topological polar surface area (TPSA) is 67.1 Å². The van der Waals surface area contributed by atoms with Gasteiger partial charge in [-0.2, -0.15) is 5.06 Å². The summed E-state index contributed by atoms with van der Waals surface area (Å²) in [5.74, 6) is 0. The number of hydrogen-bond acceptors (Lipinski definition) is 3. The van der Waals surface area contributed by atoms with Crippen LogP contribution in [0.4, 0.5) is 4.70 Å². The van der Waals surface area contributed by atoms with Crippen LogP contribution in [0.2, 0.25) is 10.0 Å². The monoisotopic (exact) mass is 774 g/mol. The van der Waals surface area contributed by atoms with Crippen molar-refractivity contribution < 1.29 is 9.91 Å². The van der Waals surface area contributed by atoms with Gasteiger partial charge >= 0.3 is 0 Å². The normalized spacial score (nSPS) is 14.0. The largest absolute Gasteiger partial charge is 0.361 e. The third-order valence-electron chi connectivity index (χ3n) is 7.76. The van der Waals surface area contributed by atoms with Crippen molar-refractivity contribution in [1.82, 2.24) is 20.3 Å². The lowest BCUT2D eigenvalue weighted by Crippen LogP contribution is -2.30. The Kier molecular flexibility index (Phi) is 12.3. The SMILES string of the molecule is C.Clc1ccc([C@@H]2NCCc3c2[nH]c2ccc(Br)cc32)cc1.F.ON(CCc1c[nH]c2ccc(Br)cc12)Cc1ccc(Cl)cc1. The molecule has 0 bridgehead atoms. The molecule has 0 unspecified atom stereocenters. The standard InChI is InChI=1S/C17H16BrClN2O.C17H14BrClN2.CH4.FH/c18-14-3-6-17-16(9-14)13(10-20-17)7-8-21(22)11-12-1-4-15(19)5-2-12;18-11-3-6-15-14(9-11)13-7-8-20-16(17(13)21-15)10-1-4-12(19)5-2-10;;/h1-6,9-10,20,22H,7-8,11H2;1-6,9,16,20-21H,7-8H2;1H4;1H/t;16-;;/m.0../s1. The van der Waals surface area contributed by atoms with Crippen molar-refractivity contribution in [1.29, 1.82) is 0 Å². The second-order valence-corrected chi connectivity index (χ2v) is 13.4. The fourth-order valence-corrected chi connectivity index (χ4v) is 6.60. The first kappa shape index (κ1) is 35.2. The Morgan fingerprint density at radius 2 is 1.44 bits per heavy atom. The molecule has 0 amide bonds. The molecule has 3 heterocycles. The van der Waals surface area contributed by atoms with E-state index in [1.807, 2.05) is 54.7 Å². The zero-order valence-electron chi connectivity index (χ0n) is 23.6. The highest BCUT2D eigenvalue weighted by Crippen LogP contribution is 2.35. The van der Waals surface area contributed by atoms with Gasteiger partial charge in [0, 0.05) is 72.3 Å². The van der Waals surface area contributed by atoms with E-state index in [0.717, 1.165) is 44.4 Å². The molecule has 0 radical (unpaired) electrons. The van der Waals surface area contributed by atoms with Gasteiger partial charge in [-0.05, 0) is 95.8 Å². The van der Waals surface area contributed by atoms with E-state index in [0.29, 0.717) is 18.1 Å². The summed E-state index contributed by atoms with van der Waals surface area (Å²) in [5.41, 5.74) is 8.49. The molecule has 0 fully saturated rings. The smallest absolute Gasteiger partial charge is 0.0732 e. The number of nitrogens with one attached hydrogen (secondary N) is 3. The Bertz CT molecular complexity index is 1860. The average molecular weight is 777 g/mol. The van der Waals surface area contributed by atoms with Crippen LogP contribution in [-0.2, 0) is 19.4 Å². The number of aromatic amines is 2. The van der Waals surface area contributed by atoms with Crippen LogP contribution in [0.3, 0.4) is 0 Å². The minimum atomic E-state index is 0. The van der Waals surface area contributed by atoms with Crippen molar-refractivity contribution in [3.05, 3.63) is 138 Å². The van der Waals surface area contributed by atoms with Gasteiger partial charge in [0.1, 0.15) is 0 Å². The van der Waals surface area contributed by atoms with Crippen molar-refractivity contribution in [2.75, 3.05) is 13.1 Å². The zero-order chi connectivity index (χ0) is 29.9. The molecule has 4 aromatic carbocycles. The molecule has 1 aliphatic heterocycles. The molecule has 0 spiro atoms. The molecule has 236 valence electrons. The molecule has 2 aromatic heterocycles. The van der Waals surface area contributed by atoms with Gasteiger partial charge in [0.15, 0.2) is 0 Å². The van der Waals surface area contributed by atoms with Crippen molar-refractivity contribution in [2.45, 2.75) is 32.9 Å². The van der Waals surface area contributed by atoms with E-state index in [1.165, 1.54) is 43.7 Å². The van der Waals surface area contributed by atoms with Crippen LogP contribution in [0.5, 0.6) is 0 Å². The number of halogens is 5. The van der Waals surface area contributed by atoms with E-state index in [2.05, 4.69) is 83.5 Å². The Morgan fingerprint density at radius 3 is 2.13 bits per heavy atom. The molecule has 6 aromatic rings. The molecule has 4 N–H and O–H groups in total. The first-order valence-electron chi connectivity index (χ1n) is 14.1. The maximum absolute atomic E-state index is 10.1. The van der Waals surface area contributed by atoms with Crippen molar-refractivity contribution >= 4 is 76.9 Å². The van der Waals surface area contributed by atoms with Crippen LogP contribution in [-0.4, -0.2) is 33.3 Å². The minimum absolute atomic E-state index is 0. The Labute approximate surface area is 289 Å². The lowest BCUT2D eigenvalue weighted by molar-refractivity contribution is -0.0981. The summed E-state index contributed by atoms with van der Waals surface area (Å²) in [6.45, 7) is 2.05. The molecule has 45 heavy (non-hydrogen) atoms. The van der Waals surface area contributed by atoms with Crippen molar-refractivity contribution in [3.63, 3.8) is 0 Å². The predicted molar refractivity (Wildman–Crippen MR) is 194 cm³/mol. The van der Waals surface area contributed by atoms with Gasteiger partial charge in [-0.1, -0.05) is 86.8 Å². The van der Waals surface area contributed by atoms with E-state index >= 15 is 0 Å². The highest BCUT2D eigenvalue weighted by Gasteiger charge is 2.25. The highest BCUT2D eigenvalue weighted by atomic mass is 79.9. The average Bonchev–Trinajstić information content (AvgIpc) is 3.58. The third kappa shape index (κ3) is 8.37. The van der Waals surface area contributed by atoms with Gasteiger partial charge in [-0.25, -0.2) is 0 Å². The van der Waals surface area contributed by atoms with Gasteiger partial charge in [-0.15, -0.1) is 0 Å². The van der Waals surface area contributed by atoms with Gasteiger partial charge in [0.05, 0.1) is 6.04 Å². The molecule has 7 rings (SSSR count). The van der Waals surface area contributed by atoms with Crippen molar-refractivity contribution in [3.8, 4) is 0 Å². The number of hydroxylamine groups is 2. The molecular formula is C35H35Br2Cl2FN4O. The summed E-state index contributed by atoms with van der Waals surface area (Å²) in [6.07, 6.45) is 3.84. The molecule has 1 atom stereocenters. The number of nitrogens with zero attached hydrogens (tertiary/aromatic N) is 1. The molecule has 1 aliphatic rings. The van der Waals surface area contributed by atoms with E-state index < -0.39 is 0 Å². The maximum Gasteiger partial charge on any atom is 0.0732 e. The Balaban J connectivity index is 0.000000196. The summed E-state index contributed by atoms with van der Waals surface area (Å²) in [7, 11) is 0. The summed E-state index contributed by atoms with van der Waals surface area (Å²) in [5, 5.41) is 19.0. The summed E-state index contributed by atoms with van der Waals surface area (Å²) >= 11 is 18.9. The van der Waals surface area contributed by atoms with E-state index in [1.54, 1.807) is 0 Å². The number of aromatic nitrogens is 2. The molecule has 0 saturated heterocycles. The van der Waals surface area contributed by atoms with Gasteiger partial charge < -0.3 is 20.5 Å². The number of rotatable bonds is 6. The van der Waals surface area contributed by atoms with Crippen LogP contribution < -0.4 is 5.32 Å². The van der Waals surface area contributed by atoms with Gasteiger partial charge in [-0.3, -0.25) is 4.70 Å². The predicted octanol–water partition coefficient (Wildman–Crippen LogP) is 10.6. The van der Waals surface area contributed by atoms with Gasteiger partial charge in [0.25, 0.3) is 0 Å². The zero-order valence-corrected chi connectivity index (χ0v) is 28.3. The minimum Gasteiger partial charge on any atom is -0.361 e. The quantitative estimate of drug-likeness (QED) is 0.127. The molecule has 10 heteroatoms. The summed E-state index contributed by atoms with van der Waals surface area (Å²) in [4.78, 5) is 6.85. The highest BCUT2D eigenvalue weighted by molar-refractivity contribution is 9.10. The lowest BCUT2D eigenvalue weighted by Gasteiger charge is -2.24. The van der Waals surface area contributed by atoms with Gasteiger partial charge in [0.2, 0.25) is 0 Å². The fourth-order valence-electron chi connectivity index (χ4n) is 5.63. The molecule has 0 saturated carbocycles. The third-order valence-corrected chi connectivity index (χ3v) is 9.25. The van der Waals surface area contributed by atoms with Crippen LogP contribution >= 0.6 is 55.1 Å². The lowest BCUT2D eigenvalue weighted by atomic mass is 9.94. The van der Waals surface area contributed by atoms with Crippen molar-refractivity contribution in [2.24, 2.45) is 0 Å². The Morgan fingerprint density at radius 1 is 0.822 bits per heavy atom. The van der Waals surface area contributed by atoms with Crippen LogP contribution in [0.25, 0.3) is 21.8 Å². The van der Waals surface area contributed by atoms with Crippen LogP contribution in [0.1, 0.15) is 41.4 Å².